The van der Waals surface area contributed by atoms with E-state index in [-0.39, 0.29) is 0 Å². The fraction of sp³-hybridized carbons (Fsp3) is 0.154. The van der Waals surface area contributed by atoms with Gasteiger partial charge in [0.15, 0.2) is 0 Å². The first-order valence-electron chi connectivity index (χ1n) is 5.36. The molecule has 5 heteroatoms. The van der Waals surface area contributed by atoms with Gasteiger partial charge in [0.25, 0.3) is 0 Å². The van der Waals surface area contributed by atoms with Crippen molar-refractivity contribution < 1.29 is 13.2 Å². The molecule has 94 valence electrons. The first-order chi connectivity index (χ1) is 8.55. The Morgan fingerprint density at radius 2 is 1.78 bits per heavy atom. The third-order valence-corrected chi connectivity index (χ3v) is 2.43. The Morgan fingerprint density at radius 1 is 1.06 bits per heavy atom. The molecule has 1 N–H and O–H groups in total. The zero-order chi connectivity index (χ0) is 13.0. The molecule has 0 spiro atoms. The summed E-state index contributed by atoms with van der Waals surface area (Å²) in [4.78, 5) is 3.95. The van der Waals surface area contributed by atoms with E-state index in [1.807, 2.05) is 12.1 Å². The average Bonchev–Trinajstić information content (AvgIpc) is 2.37. The number of anilines is 1. The Hall–Kier alpha value is -2.04. The van der Waals surface area contributed by atoms with E-state index < -0.39 is 11.7 Å². The van der Waals surface area contributed by atoms with Crippen LogP contribution in [0.1, 0.15) is 11.1 Å². The average molecular weight is 252 g/mol. The standard InChI is InChI=1S/C13H11F3N2/c14-13(15,16)11-3-5-12(6-4-11)18-9-10-2-1-7-17-8-10/h1-8,18H,9H2. The second kappa shape index (κ2) is 5.08. The van der Waals surface area contributed by atoms with Gasteiger partial charge in [-0.1, -0.05) is 6.07 Å². The number of benzene rings is 1. The topological polar surface area (TPSA) is 24.9 Å². The minimum absolute atomic E-state index is 0.527. The number of rotatable bonds is 3. The minimum atomic E-state index is -4.29. The van der Waals surface area contributed by atoms with E-state index in [1.165, 1.54) is 12.1 Å². The highest BCUT2D eigenvalue weighted by molar-refractivity contribution is 5.45. The molecule has 1 heterocycles. The van der Waals surface area contributed by atoms with Crippen molar-refractivity contribution in [2.45, 2.75) is 12.7 Å². The monoisotopic (exact) mass is 252 g/mol. The van der Waals surface area contributed by atoms with Crippen LogP contribution in [0.25, 0.3) is 0 Å². The van der Waals surface area contributed by atoms with Gasteiger partial charge >= 0.3 is 6.18 Å². The summed E-state index contributed by atoms with van der Waals surface area (Å²) >= 11 is 0. The summed E-state index contributed by atoms with van der Waals surface area (Å²) in [6, 6.07) is 8.66. The van der Waals surface area contributed by atoms with Crippen LogP contribution in [0, 0.1) is 0 Å². The Morgan fingerprint density at radius 3 is 2.33 bits per heavy atom. The fourth-order valence-electron chi connectivity index (χ4n) is 1.48. The molecular formula is C13H11F3N2. The SMILES string of the molecule is FC(F)(F)c1ccc(NCc2cccnc2)cc1. The molecule has 0 saturated heterocycles. The smallest absolute Gasteiger partial charge is 0.381 e. The molecule has 0 unspecified atom stereocenters. The molecule has 0 amide bonds. The van der Waals surface area contributed by atoms with Crippen molar-refractivity contribution in [3.8, 4) is 0 Å². The van der Waals surface area contributed by atoms with Gasteiger partial charge < -0.3 is 5.32 Å². The molecular weight excluding hydrogens is 241 g/mol. The lowest BCUT2D eigenvalue weighted by atomic mass is 10.2. The number of halogens is 3. The third kappa shape index (κ3) is 3.23. The maximum Gasteiger partial charge on any atom is 0.416 e. The van der Waals surface area contributed by atoms with Crippen LogP contribution in [0.2, 0.25) is 0 Å². The van der Waals surface area contributed by atoms with Gasteiger partial charge in [-0.2, -0.15) is 13.2 Å². The third-order valence-electron chi connectivity index (χ3n) is 2.43. The number of hydrogen-bond acceptors (Lipinski definition) is 2. The van der Waals surface area contributed by atoms with Gasteiger partial charge in [-0.25, -0.2) is 0 Å². The van der Waals surface area contributed by atoms with Crippen LogP contribution >= 0.6 is 0 Å². The first kappa shape index (κ1) is 12.4. The van der Waals surface area contributed by atoms with Crippen molar-refractivity contribution in [3.63, 3.8) is 0 Å². The Labute approximate surface area is 102 Å². The van der Waals surface area contributed by atoms with E-state index in [0.29, 0.717) is 12.2 Å². The molecule has 2 nitrogen and oxygen atoms in total. The number of alkyl halides is 3. The van der Waals surface area contributed by atoms with Crippen molar-refractivity contribution >= 4 is 5.69 Å². The maximum absolute atomic E-state index is 12.3. The normalized spacial score (nSPS) is 11.3. The molecule has 1 aromatic carbocycles. The molecule has 0 atom stereocenters. The summed E-state index contributed by atoms with van der Waals surface area (Å²) in [6.45, 7) is 0.527. The van der Waals surface area contributed by atoms with Crippen LogP contribution < -0.4 is 5.32 Å². The highest BCUT2D eigenvalue weighted by atomic mass is 19.4. The van der Waals surface area contributed by atoms with Crippen LogP contribution in [0.5, 0.6) is 0 Å². The van der Waals surface area contributed by atoms with E-state index in [2.05, 4.69) is 10.3 Å². The summed E-state index contributed by atoms with van der Waals surface area (Å²) in [5.74, 6) is 0. The fourth-order valence-corrected chi connectivity index (χ4v) is 1.48. The Balaban J connectivity index is 1.99. The van der Waals surface area contributed by atoms with Crippen LogP contribution in [0.15, 0.2) is 48.8 Å². The number of hydrogen-bond donors (Lipinski definition) is 1. The van der Waals surface area contributed by atoms with E-state index >= 15 is 0 Å². The number of nitrogens with one attached hydrogen (secondary N) is 1. The van der Waals surface area contributed by atoms with Crippen molar-refractivity contribution in [2.24, 2.45) is 0 Å². The second-order valence-corrected chi connectivity index (χ2v) is 3.79. The second-order valence-electron chi connectivity index (χ2n) is 3.79. The lowest BCUT2D eigenvalue weighted by Crippen LogP contribution is -2.05. The lowest BCUT2D eigenvalue weighted by molar-refractivity contribution is -0.137. The predicted molar refractivity (Wildman–Crippen MR) is 63.0 cm³/mol. The van der Waals surface area contributed by atoms with Gasteiger partial charge in [0, 0.05) is 24.6 Å². The maximum atomic E-state index is 12.3. The number of pyridine rings is 1. The molecule has 0 radical (unpaired) electrons. The van der Waals surface area contributed by atoms with E-state index in [0.717, 1.165) is 17.7 Å². The predicted octanol–water partition coefficient (Wildman–Crippen LogP) is 3.71. The van der Waals surface area contributed by atoms with Crippen molar-refractivity contribution in [2.75, 3.05) is 5.32 Å². The molecule has 1 aromatic heterocycles. The summed E-state index contributed by atoms with van der Waals surface area (Å²) in [7, 11) is 0. The summed E-state index contributed by atoms with van der Waals surface area (Å²) in [6.07, 6.45) is -0.916. The van der Waals surface area contributed by atoms with Gasteiger partial charge in [0.2, 0.25) is 0 Å². The van der Waals surface area contributed by atoms with Gasteiger partial charge in [-0.15, -0.1) is 0 Å². The van der Waals surface area contributed by atoms with E-state index in [4.69, 9.17) is 0 Å². The molecule has 0 aliphatic heterocycles. The summed E-state index contributed by atoms with van der Waals surface area (Å²) in [5.41, 5.74) is 0.971. The quantitative estimate of drug-likeness (QED) is 0.900. The van der Waals surface area contributed by atoms with Gasteiger partial charge in [0.1, 0.15) is 0 Å². The highest BCUT2D eigenvalue weighted by Gasteiger charge is 2.29. The molecule has 0 saturated carbocycles. The van der Waals surface area contributed by atoms with E-state index in [9.17, 15) is 13.2 Å². The molecule has 0 bridgehead atoms. The van der Waals surface area contributed by atoms with Crippen molar-refractivity contribution in [1.29, 1.82) is 0 Å². The van der Waals surface area contributed by atoms with E-state index in [1.54, 1.807) is 12.4 Å². The van der Waals surface area contributed by atoms with Gasteiger partial charge in [0.05, 0.1) is 5.56 Å². The summed E-state index contributed by atoms with van der Waals surface area (Å²) in [5, 5.41) is 3.03. The molecule has 2 rings (SSSR count). The largest absolute Gasteiger partial charge is 0.416 e. The number of aromatic nitrogens is 1. The summed E-state index contributed by atoms with van der Waals surface area (Å²) < 4.78 is 37.0. The van der Waals surface area contributed by atoms with Crippen molar-refractivity contribution in [3.05, 3.63) is 59.9 Å². The molecule has 0 aliphatic carbocycles. The molecule has 18 heavy (non-hydrogen) atoms. The van der Waals surface area contributed by atoms with Crippen molar-refractivity contribution in [1.82, 2.24) is 4.98 Å². The van der Waals surface area contributed by atoms with Crippen LogP contribution in [-0.2, 0) is 12.7 Å². The van der Waals surface area contributed by atoms with Crippen LogP contribution in [0.4, 0.5) is 18.9 Å². The van der Waals surface area contributed by atoms with Gasteiger partial charge in [-0.05, 0) is 35.9 Å². The Kier molecular flexibility index (Phi) is 3.50. The van der Waals surface area contributed by atoms with Crippen LogP contribution in [-0.4, -0.2) is 4.98 Å². The van der Waals surface area contributed by atoms with Crippen LogP contribution in [0.3, 0.4) is 0 Å². The molecule has 0 aliphatic rings. The number of nitrogens with zero attached hydrogens (tertiary/aromatic N) is 1. The minimum Gasteiger partial charge on any atom is -0.381 e. The molecule has 2 aromatic rings. The lowest BCUT2D eigenvalue weighted by Gasteiger charge is -2.09. The first-order valence-corrected chi connectivity index (χ1v) is 5.36. The zero-order valence-electron chi connectivity index (χ0n) is 9.41. The van der Waals surface area contributed by atoms with Gasteiger partial charge in [-0.3, -0.25) is 4.98 Å². The Bertz CT molecular complexity index is 492. The zero-order valence-corrected chi connectivity index (χ0v) is 9.41. The highest BCUT2D eigenvalue weighted by Crippen LogP contribution is 2.29. The molecule has 0 fully saturated rings.